The number of rotatable bonds is 9. The van der Waals surface area contributed by atoms with Crippen molar-refractivity contribution in [2.24, 2.45) is 11.8 Å². The molecule has 0 unspecified atom stereocenters. The van der Waals surface area contributed by atoms with Crippen LogP contribution >= 0.6 is 11.6 Å². The lowest BCUT2D eigenvalue weighted by molar-refractivity contribution is -0.147. The minimum atomic E-state index is -0.736. The smallest absolute Gasteiger partial charge is 0.309 e. The first-order valence-electron chi connectivity index (χ1n) is 10.1. The van der Waals surface area contributed by atoms with Crippen LogP contribution in [0.5, 0.6) is 5.75 Å². The van der Waals surface area contributed by atoms with Gasteiger partial charge in [0.15, 0.2) is 0 Å². The highest BCUT2D eigenvalue weighted by Gasteiger charge is 2.31. The Bertz CT molecular complexity index is 907. The summed E-state index contributed by atoms with van der Waals surface area (Å²) in [7, 11) is 0. The van der Waals surface area contributed by atoms with Crippen LogP contribution in [0.3, 0.4) is 0 Å². The molecule has 0 bridgehead atoms. The molecule has 1 N–H and O–H groups in total. The van der Waals surface area contributed by atoms with Crippen molar-refractivity contribution in [3.8, 4) is 5.75 Å². The number of ether oxygens (including phenoxy) is 1. The molecule has 3 rings (SSSR count). The van der Waals surface area contributed by atoms with E-state index in [0.717, 1.165) is 28.9 Å². The number of aryl methyl sites for hydroxylation is 1. The lowest BCUT2D eigenvalue weighted by Crippen LogP contribution is -2.50. The predicted octanol–water partition coefficient (Wildman–Crippen LogP) is 4.99. The molecule has 0 saturated carbocycles. The van der Waals surface area contributed by atoms with Gasteiger partial charge in [-0.05, 0) is 66.3 Å². The van der Waals surface area contributed by atoms with Gasteiger partial charge in [-0.2, -0.15) is 0 Å². The fraction of sp³-hybridized carbons (Fsp3) is 0.375. The first kappa shape index (κ1) is 22.3. The Balaban J connectivity index is 1.50. The highest BCUT2D eigenvalue weighted by atomic mass is 35.5. The molecule has 1 saturated heterocycles. The standard InChI is InChI=1S/C24H27ClFNO3/c1-16(11-18-3-5-20(26)6-4-18)15-30-21-7-8-22(17(2)12-21)23(25)9-10-27-13-19(14-27)24(28)29/h3-9,12,16,19H,10-11,13-15H2,1-2H3,(H,28,29)/b23-9+/t16-/m0/s1. The third-order valence-corrected chi connectivity index (χ3v) is 5.68. The molecule has 1 heterocycles. The minimum Gasteiger partial charge on any atom is -0.493 e. The van der Waals surface area contributed by atoms with Gasteiger partial charge in [-0.25, -0.2) is 4.39 Å². The summed E-state index contributed by atoms with van der Waals surface area (Å²) in [6.45, 7) is 6.44. The Morgan fingerprint density at radius 1 is 1.30 bits per heavy atom. The van der Waals surface area contributed by atoms with Crippen molar-refractivity contribution in [1.29, 1.82) is 0 Å². The number of likely N-dealkylation sites (tertiary alicyclic amines) is 1. The molecule has 160 valence electrons. The Kier molecular flexibility index (Phi) is 7.51. The van der Waals surface area contributed by atoms with Gasteiger partial charge in [-0.3, -0.25) is 9.69 Å². The zero-order chi connectivity index (χ0) is 21.7. The van der Waals surface area contributed by atoms with E-state index in [9.17, 15) is 9.18 Å². The second-order valence-corrected chi connectivity index (χ2v) is 8.44. The Morgan fingerprint density at radius 3 is 2.63 bits per heavy atom. The maximum Gasteiger partial charge on any atom is 0.309 e. The molecular formula is C24H27ClFNO3. The zero-order valence-corrected chi connectivity index (χ0v) is 18.0. The van der Waals surface area contributed by atoms with E-state index < -0.39 is 5.97 Å². The monoisotopic (exact) mass is 431 g/mol. The summed E-state index contributed by atoms with van der Waals surface area (Å²) >= 11 is 6.47. The van der Waals surface area contributed by atoms with E-state index in [4.69, 9.17) is 21.4 Å². The topological polar surface area (TPSA) is 49.8 Å². The number of carboxylic acid groups (broad SMARTS) is 1. The van der Waals surface area contributed by atoms with Gasteiger partial charge in [0.05, 0.1) is 12.5 Å². The first-order valence-corrected chi connectivity index (χ1v) is 10.5. The number of nitrogens with zero attached hydrogens (tertiary/aromatic N) is 1. The first-order chi connectivity index (χ1) is 14.3. The normalized spacial score (nSPS) is 16.2. The van der Waals surface area contributed by atoms with E-state index in [1.165, 1.54) is 12.1 Å². The molecular weight excluding hydrogens is 405 g/mol. The number of benzene rings is 2. The molecule has 6 heteroatoms. The van der Waals surface area contributed by atoms with Gasteiger partial charge >= 0.3 is 5.97 Å². The highest BCUT2D eigenvalue weighted by molar-refractivity contribution is 6.48. The van der Waals surface area contributed by atoms with Crippen LogP contribution in [0.1, 0.15) is 23.6 Å². The third kappa shape index (κ3) is 6.07. The second kappa shape index (κ2) is 10.1. The Labute approximate surface area is 181 Å². The van der Waals surface area contributed by atoms with Crippen molar-refractivity contribution in [2.75, 3.05) is 26.2 Å². The molecule has 4 nitrogen and oxygen atoms in total. The van der Waals surface area contributed by atoms with Crippen molar-refractivity contribution in [2.45, 2.75) is 20.3 Å². The summed E-state index contributed by atoms with van der Waals surface area (Å²) in [6, 6.07) is 12.4. The van der Waals surface area contributed by atoms with Gasteiger partial charge in [0.2, 0.25) is 0 Å². The van der Waals surface area contributed by atoms with Crippen molar-refractivity contribution < 1.29 is 19.0 Å². The molecule has 0 spiro atoms. The molecule has 1 atom stereocenters. The molecule has 1 aliphatic rings. The Hall–Kier alpha value is -2.37. The summed E-state index contributed by atoms with van der Waals surface area (Å²) in [5.41, 5.74) is 3.05. The van der Waals surface area contributed by atoms with Crippen molar-refractivity contribution in [1.82, 2.24) is 4.90 Å². The Morgan fingerprint density at radius 2 is 2.00 bits per heavy atom. The fourth-order valence-corrected chi connectivity index (χ4v) is 3.79. The van der Waals surface area contributed by atoms with Gasteiger partial charge < -0.3 is 9.84 Å². The molecule has 2 aromatic rings. The molecule has 0 amide bonds. The lowest BCUT2D eigenvalue weighted by Gasteiger charge is -2.35. The summed E-state index contributed by atoms with van der Waals surface area (Å²) in [5.74, 6) is -0.135. The van der Waals surface area contributed by atoms with Crippen LogP contribution in [-0.2, 0) is 11.2 Å². The van der Waals surface area contributed by atoms with Crippen LogP contribution in [0.2, 0.25) is 0 Å². The maximum absolute atomic E-state index is 13.0. The molecule has 2 aromatic carbocycles. The lowest BCUT2D eigenvalue weighted by atomic mass is 10.0. The largest absolute Gasteiger partial charge is 0.493 e. The fourth-order valence-electron chi connectivity index (χ4n) is 3.51. The quantitative estimate of drug-likeness (QED) is 0.607. The maximum atomic E-state index is 13.0. The number of halogens is 2. The summed E-state index contributed by atoms with van der Waals surface area (Å²) in [4.78, 5) is 12.9. The van der Waals surface area contributed by atoms with Crippen molar-refractivity contribution in [3.63, 3.8) is 0 Å². The van der Waals surface area contributed by atoms with Crippen LogP contribution in [0, 0.1) is 24.6 Å². The molecule has 30 heavy (non-hydrogen) atoms. The molecule has 0 aliphatic carbocycles. The number of carboxylic acids is 1. The van der Waals surface area contributed by atoms with Crippen LogP contribution in [0.15, 0.2) is 48.5 Å². The van der Waals surface area contributed by atoms with Crippen molar-refractivity contribution in [3.05, 3.63) is 71.0 Å². The minimum absolute atomic E-state index is 0.222. The van der Waals surface area contributed by atoms with E-state index in [1.807, 2.05) is 31.2 Å². The van der Waals surface area contributed by atoms with Gasteiger partial charge in [-0.15, -0.1) is 0 Å². The number of hydrogen-bond acceptors (Lipinski definition) is 3. The number of carbonyl (C=O) groups is 1. The van der Waals surface area contributed by atoms with E-state index >= 15 is 0 Å². The summed E-state index contributed by atoms with van der Waals surface area (Å²) < 4.78 is 19.0. The predicted molar refractivity (Wildman–Crippen MR) is 117 cm³/mol. The SMILES string of the molecule is Cc1cc(OC[C@@H](C)Cc2ccc(F)cc2)ccc1/C(Cl)=C\CN1CC(C(=O)O)C1. The molecule has 1 fully saturated rings. The van der Waals surface area contributed by atoms with Crippen molar-refractivity contribution >= 4 is 22.6 Å². The van der Waals surface area contributed by atoms with Crippen LogP contribution in [0.4, 0.5) is 4.39 Å². The number of hydrogen-bond donors (Lipinski definition) is 1. The molecule has 1 aliphatic heterocycles. The van der Waals surface area contributed by atoms with Gasteiger partial charge in [-0.1, -0.05) is 36.7 Å². The third-order valence-electron chi connectivity index (χ3n) is 5.32. The van der Waals surface area contributed by atoms with E-state index in [-0.39, 0.29) is 11.7 Å². The van der Waals surface area contributed by atoms with E-state index in [0.29, 0.717) is 37.2 Å². The van der Waals surface area contributed by atoms with Crippen LogP contribution in [0.25, 0.3) is 5.03 Å². The zero-order valence-electron chi connectivity index (χ0n) is 17.3. The van der Waals surface area contributed by atoms with Gasteiger partial charge in [0, 0.05) is 24.7 Å². The summed E-state index contributed by atoms with van der Waals surface area (Å²) in [5, 5.41) is 9.59. The summed E-state index contributed by atoms with van der Waals surface area (Å²) in [6.07, 6.45) is 2.75. The number of aliphatic carboxylic acids is 1. The van der Waals surface area contributed by atoms with Gasteiger partial charge in [0.25, 0.3) is 0 Å². The van der Waals surface area contributed by atoms with Crippen LogP contribution in [-0.4, -0.2) is 42.2 Å². The van der Waals surface area contributed by atoms with E-state index in [1.54, 1.807) is 12.1 Å². The van der Waals surface area contributed by atoms with Crippen LogP contribution < -0.4 is 4.74 Å². The average molecular weight is 432 g/mol. The van der Waals surface area contributed by atoms with Gasteiger partial charge in [0.1, 0.15) is 11.6 Å². The van der Waals surface area contributed by atoms with E-state index in [2.05, 4.69) is 11.8 Å². The molecule has 0 radical (unpaired) electrons. The highest BCUT2D eigenvalue weighted by Crippen LogP contribution is 2.27. The average Bonchev–Trinajstić information content (AvgIpc) is 2.66. The molecule has 0 aromatic heterocycles. The second-order valence-electron chi connectivity index (χ2n) is 8.03.